The van der Waals surface area contributed by atoms with Crippen LogP contribution in [-0.4, -0.2) is 26.8 Å². The Balaban J connectivity index is 2.40. The molecular weight excluding hydrogens is 330 g/mol. The Morgan fingerprint density at radius 3 is 2.54 bits per heavy atom. The van der Waals surface area contributed by atoms with Crippen molar-refractivity contribution in [1.82, 2.24) is 4.98 Å². The number of aliphatic carboxylic acids is 1. The van der Waals surface area contributed by atoms with E-state index in [4.69, 9.17) is 16.3 Å². The van der Waals surface area contributed by atoms with Gasteiger partial charge in [0.05, 0.1) is 0 Å². The molecule has 0 spiro atoms. The van der Waals surface area contributed by atoms with Crippen LogP contribution in [0.4, 0.5) is 0 Å². The normalized spacial score (nSPS) is 13.3. The second-order valence-corrected chi connectivity index (χ2v) is 6.23. The number of ether oxygens (including phenoxy) is 1. The molecule has 24 heavy (non-hydrogen) atoms. The van der Waals surface area contributed by atoms with Gasteiger partial charge in [-0.05, 0) is 43.7 Å². The first kappa shape index (κ1) is 18.2. The zero-order chi connectivity index (χ0) is 17.7. The smallest absolute Gasteiger partial charge is 0.335 e. The molecule has 1 aromatic carbocycles. The van der Waals surface area contributed by atoms with Crippen molar-refractivity contribution < 1.29 is 19.7 Å². The second-order valence-electron chi connectivity index (χ2n) is 5.80. The van der Waals surface area contributed by atoms with E-state index in [0.29, 0.717) is 28.5 Å². The number of carboxylic acids is 1. The molecule has 6 heteroatoms. The summed E-state index contributed by atoms with van der Waals surface area (Å²) in [4.78, 5) is 15.6. The summed E-state index contributed by atoms with van der Waals surface area (Å²) in [5.74, 6) is -0.229. The van der Waals surface area contributed by atoms with Gasteiger partial charge in [-0.15, -0.1) is 0 Å². The van der Waals surface area contributed by atoms with E-state index in [9.17, 15) is 15.0 Å². The number of rotatable bonds is 7. The molecule has 0 aliphatic carbocycles. The molecule has 0 radical (unpaired) electrons. The van der Waals surface area contributed by atoms with E-state index in [1.807, 2.05) is 6.92 Å². The molecule has 0 aliphatic rings. The number of carboxylic acid groups (broad SMARTS) is 1. The van der Waals surface area contributed by atoms with Crippen molar-refractivity contribution in [3.8, 4) is 11.5 Å². The number of pyridine rings is 1. The fourth-order valence-corrected chi connectivity index (χ4v) is 2.43. The summed E-state index contributed by atoms with van der Waals surface area (Å²) in [5, 5.41) is 20.0. The van der Waals surface area contributed by atoms with Crippen molar-refractivity contribution in [1.29, 1.82) is 0 Å². The zero-order valence-corrected chi connectivity index (χ0v) is 14.4. The predicted octanol–water partition coefficient (Wildman–Crippen LogP) is 3.86. The van der Waals surface area contributed by atoms with Gasteiger partial charge in [-0.1, -0.05) is 24.9 Å². The molecule has 1 atom stereocenters. The third-order valence-electron chi connectivity index (χ3n) is 3.61. The minimum Gasteiger partial charge on any atom is -0.479 e. The van der Waals surface area contributed by atoms with Crippen LogP contribution in [0.15, 0.2) is 36.5 Å². The number of halogens is 1. The van der Waals surface area contributed by atoms with E-state index in [2.05, 4.69) is 4.98 Å². The number of hydrogen-bond acceptors (Lipinski definition) is 4. The van der Waals surface area contributed by atoms with Crippen molar-refractivity contribution in [2.45, 2.75) is 38.7 Å². The maximum absolute atomic E-state index is 11.3. The molecule has 1 aromatic heterocycles. The van der Waals surface area contributed by atoms with Gasteiger partial charge in [0.15, 0.2) is 5.60 Å². The molecule has 5 nitrogen and oxygen atoms in total. The summed E-state index contributed by atoms with van der Waals surface area (Å²) in [6.45, 7) is 3.28. The van der Waals surface area contributed by atoms with E-state index in [1.165, 1.54) is 6.92 Å². The topological polar surface area (TPSA) is 79.7 Å². The maximum Gasteiger partial charge on any atom is 0.335 e. The summed E-state index contributed by atoms with van der Waals surface area (Å²) >= 11 is 5.87. The lowest BCUT2D eigenvalue weighted by atomic mass is 9.94. The van der Waals surface area contributed by atoms with Gasteiger partial charge in [0.1, 0.15) is 11.5 Å². The molecule has 1 heterocycles. The van der Waals surface area contributed by atoms with Crippen molar-refractivity contribution in [3.05, 3.63) is 52.8 Å². The molecule has 0 amide bonds. The fraction of sp³-hybridized carbons (Fsp3) is 0.333. The van der Waals surface area contributed by atoms with E-state index in [-0.39, 0.29) is 6.42 Å². The molecule has 0 bridgehead atoms. The van der Waals surface area contributed by atoms with Crippen LogP contribution in [0, 0.1) is 0 Å². The van der Waals surface area contributed by atoms with Crippen molar-refractivity contribution in [2.75, 3.05) is 0 Å². The molecule has 2 N–H and O–H groups in total. The lowest BCUT2D eigenvalue weighted by Crippen LogP contribution is -2.37. The third kappa shape index (κ3) is 4.46. The van der Waals surface area contributed by atoms with Crippen LogP contribution in [0.25, 0.3) is 0 Å². The number of benzene rings is 1. The minimum absolute atomic E-state index is 0.0889. The lowest BCUT2D eigenvalue weighted by molar-refractivity contribution is -0.156. The Morgan fingerprint density at radius 2 is 1.96 bits per heavy atom. The van der Waals surface area contributed by atoms with E-state index in [1.54, 1.807) is 36.5 Å². The standard InChI is InChI=1S/C18H20ClNO4/c1-3-4-15-14(11-18(2,23)17(21)22)16(9-10-20-15)24-13-7-5-12(19)6-8-13/h5-10,23H,3-4,11H2,1-2H3,(H,21,22)/t18-/m1/s1. The van der Waals surface area contributed by atoms with Crippen molar-refractivity contribution in [2.24, 2.45) is 0 Å². The number of hydrogen-bond donors (Lipinski definition) is 2. The highest BCUT2D eigenvalue weighted by Gasteiger charge is 2.32. The Morgan fingerprint density at radius 1 is 1.29 bits per heavy atom. The fourth-order valence-electron chi connectivity index (χ4n) is 2.30. The van der Waals surface area contributed by atoms with E-state index >= 15 is 0 Å². The van der Waals surface area contributed by atoms with Gasteiger partial charge < -0.3 is 14.9 Å². The third-order valence-corrected chi connectivity index (χ3v) is 3.86. The maximum atomic E-state index is 11.3. The number of aliphatic hydroxyl groups is 1. The highest BCUT2D eigenvalue weighted by Crippen LogP contribution is 2.31. The quantitative estimate of drug-likeness (QED) is 0.793. The van der Waals surface area contributed by atoms with Crippen molar-refractivity contribution >= 4 is 17.6 Å². The van der Waals surface area contributed by atoms with Crippen LogP contribution < -0.4 is 4.74 Å². The summed E-state index contributed by atoms with van der Waals surface area (Å²) in [6, 6.07) is 8.53. The molecular formula is C18H20ClNO4. The molecule has 2 rings (SSSR count). The van der Waals surface area contributed by atoms with Gasteiger partial charge in [0.2, 0.25) is 0 Å². The first-order valence-corrected chi connectivity index (χ1v) is 8.07. The Labute approximate surface area is 145 Å². The average molecular weight is 350 g/mol. The number of aromatic nitrogens is 1. The predicted molar refractivity (Wildman–Crippen MR) is 91.7 cm³/mol. The van der Waals surface area contributed by atoms with Gasteiger partial charge in [-0.2, -0.15) is 0 Å². The highest BCUT2D eigenvalue weighted by atomic mass is 35.5. The van der Waals surface area contributed by atoms with Gasteiger partial charge in [-0.25, -0.2) is 4.79 Å². The van der Waals surface area contributed by atoms with Crippen LogP contribution >= 0.6 is 11.6 Å². The van der Waals surface area contributed by atoms with Gasteiger partial charge >= 0.3 is 5.97 Å². The molecule has 0 unspecified atom stereocenters. The lowest BCUT2D eigenvalue weighted by Gasteiger charge is -2.21. The summed E-state index contributed by atoms with van der Waals surface area (Å²) in [7, 11) is 0. The van der Waals surface area contributed by atoms with Crippen LogP contribution in [0.2, 0.25) is 5.02 Å². The van der Waals surface area contributed by atoms with E-state index < -0.39 is 11.6 Å². The van der Waals surface area contributed by atoms with Gasteiger partial charge in [-0.3, -0.25) is 4.98 Å². The molecule has 0 saturated carbocycles. The number of aryl methyl sites for hydroxylation is 1. The van der Waals surface area contributed by atoms with Crippen LogP contribution in [0.3, 0.4) is 0 Å². The van der Waals surface area contributed by atoms with Crippen LogP contribution in [0.5, 0.6) is 11.5 Å². The number of carbonyl (C=O) groups is 1. The minimum atomic E-state index is -1.90. The zero-order valence-electron chi connectivity index (χ0n) is 13.6. The van der Waals surface area contributed by atoms with Crippen molar-refractivity contribution in [3.63, 3.8) is 0 Å². The Hall–Kier alpha value is -2.11. The van der Waals surface area contributed by atoms with E-state index in [0.717, 1.165) is 12.1 Å². The Bertz CT molecular complexity index is 713. The Kier molecular flexibility index (Phi) is 5.80. The SMILES string of the molecule is CCCc1nccc(Oc2ccc(Cl)cc2)c1C[C@@](C)(O)C(=O)O. The summed E-state index contributed by atoms with van der Waals surface area (Å²) < 4.78 is 5.87. The first-order valence-electron chi connectivity index (χ1n) is 7.69. The molecule has 2 aromatic rings. The largest absolute Gasteiger partial charge is 0.479 e. The first-order chi connectivity index (χ1) is 11.3. The highest BCUT2D eigenvalue weighted by molar-refractivity contribution is 6.30. The summed E-state index contributed by atoms with van der Waals surface area (Å²) in [6.07, 6.45) is 3.05. The average Bonchev–Trinajstić information content (AvgIpc) is 2.52. The van der Waals surface area contributed by atoms with Crippen LogP contribution in [0.1, 0.15) is 31.5 Å². The molecule has 0 saturated heterocycles. The summed E-state index contributed by atoms with van der Waals surface area (Å²) in [5.41, 5.74) is -0.573. The molecule has 0 fully saturated rings. The monoisotopic (exact) mass is 349 g/mol. The number of nitrogens with zero attached hydrogens (tertiary/aromatic N) is 1. The molecule has 128 valence electrons. The van der Waals surface area contributed by atoms with Gasteiger partial charge in [0.25, 0.3) is 0 Å². The van der Waals surface area contributed by atoms with Gasteiger partial charge in [0, 0.05) is 28.9 Å². The van der Waals surface area contributed by atoms with Crippen LogP contribution in [-0.2, 0) is 17.6 Å². The molecule has 0 aliphatic heterocycles. The second kappa shape index (κ2) is 7.64.